The van der Waals surface area contributed by atoms with Gasteiger partial charge in [0.25, 0.3) is 11.6 Å². The Bertz CT molecular complexity index is 1360. The molecule has 33 heavy (non-hydrogen) atoms. The second-order valence-electron chi connectivity index (χ2n) is 7.69. The van der Waals surface area contributed by atoms with E-state index in [0.717, 1.165) is 23.3 Å². The van der Waals surface area contributed by atoms with Gasteiger partial charge in [-0.1, -0.05) is 12.1 Å². The lowest BCUT2D eigenvalue weighted by Crippen LogP contribution is -2.36. The fourth-order valence-electron chi connectivity index (χ4n) is 3.84. The summed E-state index contributed by atoms with van der Waals surface area (Å²) in [6.45, 7) is 1.90. The van der Waals surface area contributed by atoms with Crippen LogP contribution in [0.25, 0.3) is 0 Å². The van der Waals surface area contributed by atoms with Gasteiger partial charge >= 0.3 is 0 Å². The van der Waals surface area contributed by atoms with E-state index >= 15 is 0 Å². The smallest absolute Gasteiger partial charge is 0.273 e. The summed E-state index contributed by atoms with van der Waals surface area (Å²) in [5.74, 6) is -1.01. The van der Waals surface area contributed by atoms with Crippen molar-refractivity contribution in [3.8, 4) is 0 Å². The summed E-state index contributed by atoms with van der Waals surface area (Å²) >= 11 is 0. The average molecular weight is 469 g/mol. The van der Waals surface area contributed by atoms with E-state index in [1.54, 1.807) is 12.1 Å². The summed E-state index contributed by atoms with van der Waals surface area (Å²) in [5.41, 5.74) is 2.45. The summed E-state index contributed by atoms with van der Waals surface area (Å²) in [7, 11) is -3.80. The number of sulfonamides is 1. The molecule has 0 unspecified atom stereocenters. The van der Waals surface area contributed by atoms with Crippen LogP contribution in [0.1, 0.15) is 27.0 Å². The van der Waals surface area contributed by atoms with Crippen LogP contribution in [0.4, 0.5) is 15.8 Å². The van der Waals surface area contributed by atoms with E-state index in [1.165, 1.54) is 41.6 Å². The maximum absolute atomic E-state index is 13.2. The van der Waals surface area contributed by atoms with Crippen LogP contribution < -0.4 is 5.32 Å². The largest absolute Gasteiger partial charge is 0.322 e. The summed E-state index contributed by atoms with van der Waals surface area (Å²) in [5, 5.41) is 13.9. The predicted octanol–water partition coefficient (Wildman–Crippen LogP) is 4.04. The number of nitro benzene ring substituents is 1. The van der Waals surface area contributed by atoms with Gasteiger partial charge in [-0.3, -0.25) is 14.9 Å². The number of hydrogen-bond donors (Lipinski definition) is 1. The molecule has 0 aromatic heterocycles. The molecule has 1 amide bonds. The molecule has 8 nitrogen and oxygen atoms in total. The molecule has 1 aliphatic rings. The number of nitrogens with one attached hydrogen (secondary N) is 1. The van der Waals surface area contributed by atoms with Gasteiger partial charge in [0.05, 0.1) is 9.82 Å². The van der Waals surface area contributed by atoms with E-state index in [2.05, 4.69) is 5.32 Å². The van der Waals surface area contributed by atoms with E-state index in [9.17, 15) is 27.7 Å². The summed E-state index contributed by atoms with van der Waals surface area (Å²) in [6.07, 6.45) is 0.494. The Hall–Kier alpha value is -3.63. The van der Waals surface area contributed by atoms with Gasteiger partial charge in [0.1, 0.15) is 5.82 Å². The van der Waals surface area contributed by atoms with Crippen LogP contribution in [0.2, 0.25) is 0 Å². The number of nitrogens with zero attached hydrogens (tertiary/aromatic N) is 2. The van der Waals surface area contributed by atoms with E-state index < -0.39 is 26.7 Å². The Balaban J connectivity index is 1.56. The third-order valence-electron chi connectivity index (χ3n) is 5.64. The lowest BCUT2D eigenvalue weighted by atomic mass is 10.00. The van der Waals surface area contributed by atoms with Gasteiger partial charge in [0.15, 0.2) is 0 Å². The molecule has 0 saturated heterocycles. The van der Waals surface area contributed by atoms with E-state index in [1.807, 2.05) is 6.07 Å². The zero-order valence-corrected chi connectivity index (χ0v) is 18.4. The van der Waals surface area contributed by atoms with Gasteiger partial charge in [0.2, 0.25) is 10.0 Å². The van der Waals surface area contributed by atoms with Crippen LogP contribution in [0.5, 0.6) is 0 Å². The fourth-order valence-corrected chi connectivity index (χ4v) is 5.25. The molecule has 1 heterocycles. The van der Waals surface area contributed by atoms with Crippen LogP contribution >= 0.6 is 0 Å². The highest BCUT2D eigenvalue weighted by molar-refractivity contribution is 7.89. The number of carbonyl (C=O) groups excluding carboxylic acids is 1. The zero-order chi connectivity index (χ0) is 23.8. The van der Waals surface area contributed by atoms with Crippen molar-refractivity contribution < 1.29 is 22.5 Å². The average Bonchev–Trinajstić information content (AvgIpc) is 2.78. The second kappa shape index (κ2) is 8.72. The van der Waals surface area contributed by atoms with Crippen molar-refractivity contribution >= 4 is 27.3 Å². The minimum atomic E-state index is -3.80. The first kappa shape index (κ1) is 22.6. The minimum absolute atomic E-state index is 0.0120. The molecule has 1 aliphatic heterocycles. The van der Waals surface area contributed by atoms with E-state index in [-0.39, 0.29) is 34.8 Å². The summed E-state index contributed by atoms with van der Waals surface area (Å²) in [4.78, 5) is 23.4. The Labute approximate surface area is 189 Å². The molecule has 0 saturated carbocycles. The van der Waals surface area contributed by atoms with Crippen LogP contribution in [0.15, 0.2) is 65.6 Å². The topological polar surface area (TPSA) is 110 Å². The highest BCUT2D eigenvalue weighted by Crippen LogP contribution is 2.28. The molecular weight excluding hydrogens is 449 g/mol. The quantitative estimate of drug-likeness (QED) is 0.448. The maximum Gasteiger partial charge on any atom is 0.273 e. The van der Waals surface area contributed by atoms with E-state index in [4.69, 9.17) is 0 Å². The van der Waals surface area contributed by atoms with Gasteiger partial charge < -0.3 is 5.32 Å². The van der Waals surface area contributed by atoms with Crippen LogP contribution in [0, 0.1) is 22.9 Å². The molecule has 0 aliphatic carbocycles. The molecule has 4 rings (SSSR count). The number of halogens is 1. The molecule has 1 N–H and O–H groups in total. The third kappa shape index (κ3) is 4.48. The van der Waals surface area contributed by atoms with Crippen molar-refractivity contribution in [3.05, 3.63) is 98.8 Å². The SMILES string of the molecule is Cc1c(C(=O)Nc2ccc3c(c2)CN(S(=O)(=O)c2ccc(F)cc2)CC3)cccc1[N+](=O)[O-]. The highest BCUT2D eigenvalue weighted by Gasteiger charge is 2.28. The number of nitro groups is 1. The standard InChI is InChI=1S/C23H20FN3O5S/c1-15-21(3-2-4-22(15)27(29)30)23(28)25-19-8-5-16-11-12-26(14-17(16)13-19)33(31,32)20-9-6-18(24)7-10-20/h2-10,13H,11-12,14H2,1H3,(H,25,28). The Morgan fingerprint density at radius 1 is 1.09 bits per heavy atom. The number of hydrogen-bond acceptors (Lipinski definition) is 5. The molecule has 3 aromatic rings. The van der Waals surface area contributed by atoms with Gasteiger partial charge in [-0.15, -0.1) is 0 Å². The lowest BCUT2D eigenvalue weighted by Gasteiger charge is -2.28. The number of amides is 1. The van der Waals surface area contributed by atoms with Gasteiger partial charge in [-0.2, -0.15) is 4.31 Å². The minimum Gasteiger partial charge on any atom is -0.322 e. The summed E-state index contributed by atoms with van der Waals surface area (Å²) in [6, 6.07) is 14.2. The van der Waals surface area contributed by atoms with Crippen molar-refractivity contribution in [3.63, 3.8) is 0 Å². The van der Waals surface area contributed by atoms with Gasteiger partial charge in [0, 0.05) is 36.0 Å². The molecule has 3 aromatic carbocycles. The molecule has 0 atom stereocenters. The van der Waals surface area contributed by atoms with Crippen molar-refractivity contribution in [2.45, 2.75) is 24.8 Å². The first-order valence-electron chi connectivity index (χ1n) is 10.1. The Morgan fingerprint density at radius 3 is 2.52 bits per heavy atom. The van der Waals surface area contributed by atoms with Gasteiger partial charge in [-0.25, -0.2) is 12.8 Å². The first-order valence-corrected chi connectivity index (χ1v) is 11.5. The zero-order valence-electron chi connectivity index (χ0n) is 17.6. The first-order chi connectivity index (χ1) is 15.7. The molecule has 10 heteroatoms. The number of benzene rings is 3. The molecule has 0 bridgehead atoms. The predicted molar refractivity (Wildman–Crippen MR) is 120 cm³/mol. The number of fused-ring (bicyclic) bond motifs is 1. The Morgan fingerprint density at radius 2 is 1.82 bits per heavy atom. The van der Waals surface area contributed by atoms with Crippen molar-refractivity contribution in [1.82, 2.24) is 4.31 Å². The van der Waals surface area contributed by atoms with Crippen molar-refractivity contribution in [2.75, 3.05) is 11.9 Å². The fraction of sp³-hybridized carbons (Fsp3) is 0.174. The molecule has 170 valence electrons. The number of carbonyl (C=O) groups is 1. The van der Waals surface area contributed by atoms with Crippen molar-refractivity contribution in [1.29, 1.82) is 0 Å². The normalized spacial score (nSPS) is 13.9. The Kier molecular flexibility index (Phi) is 5.96. The van der Waals surface area contributed by atoms with Crippen LogP contribution in [0.3, 0.4) is 0 Å². The van der Waals surface area contributed by atoms with Crippen LogP contribution in [-0.2, 0) is 23.0 Å². The van der Waals surface area contributed by atoms with E-state index in [0.29, 0.717) is 12.1 Å². The molecular formula is C23H20FN3O5S. The van der Waals surface area contributed by atoms with Gasteiger partial charge in [-0.05, 0) is 66.9 Å². The maximum atomic E-state index is 13.2. The molecule has 0 radical (unpaired) electrons. The molecule has 0 spiro atoms. The number of rotatable bonds is 5. The van der Waals surface area contributed by atoms with Crippen molar-refractivity contribution in [2.24, 2.45) is 0 Å². The number of anilines is 1. The second-order valence-corrected chi connectivity index (χ2v) is 9.62. The molecule has 0 fully saturated rings. The third-order valence-corrected chi connectivity index (χ3v) is 7.50. The summed E-state index contributed by atoms with van der Waals surface area (Å²) < 4.78 is 40.4. The van der Waals surface area contributed by atoms with Crippen LogP contribution in [-0.4, -0.2) is 30.1 Å². The monoisotopic (exact) mass is 469 g/mol. The highest BCUT2D eigenvalue weighted by atomic mass is 32.2. The lowest BCUT2D eigenvalue weighted by molar-refractivity contribution is -0.385.